The van der Waals surface area contributed by atoms with Gasteiger partial charge >= 0.3 is 0 Å². The van der Waals surface area contributed by atoms with Crippen LogP contribution in [0.3, 0.4) is 0 Å². The van der Waals surface area contributed by atoms with Gasteiger partial charge in [-0.05, 0) is 81.6 Å². The van der Waals surface area contributed by atoms with E-state index in [4.69, 9.17) is 0 Å². The molecule has 0 saturated heterocycles. The molecular weight excluding hydrogens is 669 g/mol. The van der Waals surface area contributed by atoms with Gasteiger partial charge in [0, 0.05) is 98.1 Å². The molecule has 0 fully saturated rings. The van der Waals surface area contributed by atoms with Gasteiger partial charge in [0.05, 0.1) is 0 Å². The first kappa shape index (κ1) is 28.7. The zero-order valence-corrected chi connectivity index (χ0v) is 30.2. The predicted octanol–water partition coefficient (Wildman–Crippen LogP) is 14.2. The van der Waals surface area contributed by atoms with Crippen LogP contribution < -0.4 is 0 Å². The maximum Gasteiger partial charge on any atom is 0.0495 e. The summed E-state index contributed by atoms with van der Waals surface area (Å²) in [6.07, 6.45) is 0. The molecule has 0 radical (unpaired) electrons. The third kappa shape index (κ3) is 3.73. The Balaban J connectivity index is 1.07. The highest BCUT2D eigenvalue weighted by molar-refractivity contribution is 7.26. The first-order valence-electron chi connectivity index (χ1n) is 17.8. The molecule has 0 bridgehead atoms. The first-order chi connectivity index (χ1) is 25.6. The van der Waals surface area contributed by atoms with Crippen molar-refractivity contribution >= 4 is 117 Å². The minimum absolute atomic E-state index is 1.26. The Kier molecular flexibility index (Phi) is 5.70. The molecule has 0 amide bonds. The van der Waals surface area contributed by atoms with E-state index in [9.17, 15) is 0 Å². The zero-order valence-electron chi connectivity index (χ0n) is 28.6. The summed E-state index contributed by atoms with van der Waals surface area (Å²) in [5, 5.41) is 13.2. The number of thiophene rings is 2. The molecule has 244 valence electrons. The zero-order chi connectivity index (χ0) is 34.2. The second-order valence-corrected chi connectivity index (χ2v) is 16.3. The average molecular weight is 699 g/mol. The van der Waals surface area contributed by atoms with Crippen LogP contribution in [-0.4, -0.2) is 9.13 Å². The molecule has 2 nitrogen and oxygen atoms in total. The van der Waals surface area contributed by atoms with Crippen LogP contribution >= 0.6 is 22.7 Å². The first-order valence-corrected chi connectivity index (χ1v) is 19.4. The van der Waals surface area contributed by atoms with Crippen LogP contribution in [0.5, 0.6) is 0 Å². The largest absolute Gasteiger partial charge is 0.344 e. The van der Waals surface area contributed by atoms with Crippen molar-refractivity contribution in [3.63, 3.8) is 0 Å². The van der Waals surface area contributed by atoms with Crippen LogP contribution in [0.1, 0.15) is 0 Å². The van der Waals surface area contributed by atoms with Crippen molar-refractivity contribution < 1.29 is 0 Å². The summed E-state index contributed by atoms with van der Waals surface area (Å²) in [5.41, 5.74) is 10.2. The third-order valence-corrected chi connectivity index (χ3v) is 13.8. The fraction of sp³-hybridized carbons (Fsp3) is 0.0417. The second kappa shape index (κ2) is 10.3. The number of hydrogen-bond acceptors (Lipinski definition) is 2. The molecule has 0 N–H and O–H groups in total. The lowest BCUT2D eigenvalue weighted by atomic mass is 9.96. The van der Waals surface area contributed by atoms with E-state index in [0.717, 1.165) is 0 Å². The van der Waals surface area contributed by atoms with E-state index < -0.39 is 0 Å². The fourth-order valence-corrected chi connectivity index (χ4v) is 11.4. The number of aryl methyl sites for hydroxylation is 2. The molecular formula is C48H30N2S2. The number of rotatable bonds is 2. The highest BCUT2D eigenvalue weighted by Crippen LogP contribution is 2.45. The summed E-state index contributed by atoms with van der Waals surface area (Å²) < 4.78 is 10.1. The minimum atomic E-state index is 1.26. The molecule has 52 heavy (non-hydrogen) atoms. The Morgan fingerprint density at radius 3 is 1.23 bits per heavy atom. The number of hydrogen-bond donors (Lipinski definition) is 0. The van der Waals surface area contributed by atoms with Gasteiger partial charge < -0.3 is 9.13 Å². The van der Waals surface area contributed by atoms with Crippen LogP contribution in [0.15, 0.2) is 146 Å². The Morgan fingerprint density at radius 2 is 0.750 bits per heavy atom. The Labute approximate surface area is 307 Å². The lowest BCUT2D eigenvalue weighted by Crippen LogP contribution is -1.88. The SMILES string of the molecule is Cn1c2cc(-c3cccc4sc5ccccc5c34)ccc2c2c3ccc4c(c3ccc21)c1ccc(-c2cccc3sc5ccccc5c23)cc1n4C. The van der Waals surface area contributed by atoms with Gasteiger partial charge in [-0.15, -0.1) is 22.7 Å². The fourth-order valence-electron chi connectivity index (χ4n) is 9.17. The number of nitrogens with zero attached hydrogens (tertiary/aromatic N) is 2. The molecule has 8 aromatic carbocycles. The molecule has 0 atom stereocenters. The number of fused-ring (bicyclic) bond motifs is 15. The van der Waals surface area contributed by atoms with Crippen molar-refractivity contribution in [1.82, 2.24) is 9.13 Å². The maximum absolute atomic E-state index is 2.40. The summed E-state index contributed by atoms with van der Waals surface area (Å²) in [6, 6.07) is 54.6. The van der Waals surface area contributed by atoms with E-state index >= 15 is 0 Å². The molecule has 0 aliphatic heterocycles. The van der Waals surface area contributed by atoms with Crippen LogP contribution in [0.25, 0.3) is 117 Å². The van der Waals surface area contributed by atoms with Crippen molar-refractivity contribution in [2.45, 2.75) is 0 Å². The third-order valence-electron chi connectivity index (χ3n) is 11.6. The van der Waals surface area contributed by atoms with E-state index in [2.05, 4.69) is 169 Å². The van der Waals surface area contributed by atoms with Crippen LogP contribution in [0.2, 0.25) is 0 Å². The second-order valence-electron chi connectivity index (χ2n) is 14.2. The summed E-state index contributed by atoms with van der Waals surface area (Å²) in [5.74, 6) is 0. The van der Waals surface area contributed by atoms with E-state index in [-0.39, 0.29) is 0 Å². The van der Waals surface area contributed by atoms with E-state index in [1.165, 1.54) is 117 Å². The molecule has 0 saturated carbocycles. The lowest BCUT2D eigenvalue weighted by molar-refractivity contribution is 1.01. The van der Waals surface area contributed by atoms with E-state index in [1.54, 1.807) is 0 Å². The Morgan fingerprint density at radius 1 is 0.327 bits per heavy atom. The summed E-state index contributed by atoms with van der Waals surface area (Å²) in [4.78, 5) is 0. The molecule has 4 aromatic heterocycles. The lowest BCUT2D eigenvalue weighted by Gasteiger charge is -2.07. The molecule has 0 spiro atoms. The molecule has 4 heterocycles. The quantitative estimate of drug-likeness (QED) is 0.170. The smallest absolute Gasteiger partial charge is 0.0495 e. The highest BCUT2D eigenvalue weighted by atomic mass is 32.1. The van der Waals surface area contributed by atoms with E-state index in [1.807, 2.05) is 22.7 Å². The molecule has 4 heteroatoms. The summed E-state index contributed by atoms with van der Waals surface area (Å²) in [7, 11) is 4.44. The monoisotopic (exact) mass is 698 g/mol. The Hall–Kier alpha value is -5.94. The number of aromatic nitrogens is 2. The van der Waals surface area contributed by atoms with Gasteiger partial charge in [0.2, 0.25) is 0 Å². The Bertz CT molecular complexity index is 3260. The highest BCUT2D eigenvalue weighted by Gasteiger charge is 2.19. The van der Waals surface area contributed by atoms with Gasteiger partial charge in [-0.2, -0.15) is 0 Å². The summed E-state index contributed by atoms with van der Waals surface area (Å²) in [6.45, 7) is 0. The van der Waals surface area contributed by atoms with Crippen molar-refractivity contribution in [3.8, 4) is 22.3 Å². The van der Waals surface area contributed by atoms with E-state index in [0.29, 0.717) is 0 Å². The molecule has 0 aliphatic rings. The summed E-state index contributed by atoms with van der Waals surface area (Å²) >= 11 is 3.76. The molecule has 12 rings (SSSR count). The minimum Gasteiger partial charge on any atom is -0.344 e. The predicted molar refractivity (Wildman–Crippen MR) is 229 cm³/mol. The molecule has 0 unspecified atom stereocenters. The van der Waals surface area contributed by atoms with Crippen LogP contribution in [0.4, 0.5) is 0 Å². The molecule has 0 aliphatic carbocycles. The van der Waals surface area contributed by atoms with Crippen molar-refractivity contribution in [3.05, 3.63) is 146 Å². The maximum atomic E-state index is 2.40. The van der Waals surface area contributed by atoms with Crippen molar-refractivity contribution in [2.75, 3.05) is 0 Å². The average Bonchev–Trinajstić information content (AvgIpc) is 3.92. The van der Waals surface area contributed by atoms with Gasteiger partial charge in [-0.25, -0.2) is 0 Å². The molecule has 12 aromatic rings. The topological polar surface area (TPSA) is 9.86 Å². The van der Waals surface area contributed by atoms with Crippen molar-refractivity contribution in [1.29, 1.82) is 0 Å². The van der Waals surface area contributed by atoms with Crippen LogP contribution in [0, 0.1) is 0 Å². The van der Waals surface area contributed by atoms with Gasteiger partial charge in [0.25, 0.3) is 0 Å². The van der Waals surface area contributed by atoms with Gasteiger partial charge in [0.15, 0.2) is 0 Å². The normalized spacial score (nSPS) is 12.4. The van der Waals surface area contributed by atoms with Crippen LogP contribution in [-0.2, 0) is 14.1 Å². The number of benzene rings is 8. The van der Waals surface area contributed by atoms with Gasteiger partial charge in [-0.3, -0.25) is 0 Å². The standard InChI is InChI=1S/C48H30N2S2/c1-49-37-23-21-32-31(45(37)33-19-17-27(25-39(33)49)29-11-7-15-43-47(29)35-9-3-5-13-41(35)51-43)22-24-38-46(32)34-20-18-28(26-40(34)50(38)2)30-12-8-16-44-48(30)36-10-4-6-14-42(36)52-44/h3-26H,1-2H3. The van der Waals surface area contributed by atoms with Gasteiger partial charge in [-0.1, -0.05) is 97.1 Å². The van der Waals surface area contributed by atoms with Crippen molar-refractivity contribution in [2.24, 2.45) is 14.1 Å². The van der Waals surface area contributed by atoms with Gasteiger partial charge in [0.1, 0.15) is 0 Å².